The molecular formula is C24H21ClF2N4O2. The smallest absolute Gasteiger partial charge is 0.387 e. The van der Waals surface area contributed by atoms with Crippen molar-refractivity contribution in [1.82, 2.24) is 15.0 Å². The van der Waals surface area contributed by atoms with E-state index in [1.807, 2.05) is 12.1 Å². The van der Waals surface area contributed by atoms with Crippen molar-refractivity contribution in [3.63, 3.8) is 0 Å². The van der Waals surface area contributed by atoms with E-state index in [1.165, 1.54) is 12.1 Å². The summed E-state index contributed by atoms with van der Waals surface area (Å²) in [5.74, 6) is 1.39. The molecule has 0 saturated heterocycles. The van der Waals surface area contributed by atoms with E-state index in [0.717, 1.165) is 30.7 Å². The number of nitrogens with one attached hydrogen (secondary N) is 2. The van der Waals surface area contributed by atoms with Gasteiger partial charge in [0.15, 0.2) is 6.23 Å². The second kappa shape index (κ2) is 8.61. The molecule has 0 radical (unpaired) electrons. The molecule has 1 aliphatic carbocycles. The first-order chi connectivity index (χ1) is 15.9. The SMILES string of the molecule is OC(Nc1ccc(C2(c3nc4ccc(OC(F)F)cc4[nH]3)CCC2)cn1)c1cccc(Cl)c1. The molecule has 2 heterocycles. The molecule has 2 aromatic heterocycles. The molecule has 1 saturated carbocycles. The minimum Gasteiger partial charge on any atom is -0.435 e. The molecule has 0 bridgehead atoms. The van der Waals surface area contributed by atoms with E-state index >= 15 is 0 Å². The van der Waals surface area contributed by atoms with Crippen LogP contribution in [0.25, 0.3) is 11.0 Å². The fourth-order valence-corrected chi connectivity index (χ4v) is 4.45. The van der Waals surface area contributed by atoms with E-state index < -0.39 is 12.8 Å². The summed E-state index contributed by atoms with van der Waals surface area (Å²) in [5, 5.41) is 14.0. The van der Waals surface area contributed by atoms with Crippen LogP contribution >= 0.6 is 11.6 Å². The quantitative estimate of drug-likeness (QED) is 0.298. The standard InChI is InChI=1S/C24H21ClF2N4O2/c25-16-4-1-3-14(11-16)21(32)31-20-8-5-15(13-28-20)24(9-2-10-24)22-29-18-7-6-17(33-23(26)27)12-19(18)30-22/h1,3-8,11-13,21,23,32H,2,9-10H2,(H,28,31)(H,29,30). The molecule has 170 valence electrons. The number of aromatic nitrogens is 3. The molecule has 33 heavy (non-hydrogen) atoms. The number of aliphatic hydroxyl groups excluding tert-OH is 1. The highest BCUT2D eigenvalue weighted by Crippen LogP contribution is 2.48. The van der Waals surface area contributed by atoms with Crippen molar-refractivity contribution in [2.45, 2.75) is 37.5 Å². The molecule has 0 amide bonds. The lowest BCUT2D eigenvalue weighted by atomic mass is 9.64. The summed E-state index contributed by atoms with van der Waals surface area (Å²) in [4.78, 5) is 12.5. The summed E-state index contributed by atoms with van der Waals surface area (Å²) >= 11 is 6.00. The monoisotopic (exact) mass is 470 g/mol. The predicted molar refractivity (Wildman–Crippen MR) is 122 cm³/mol. The van der Waals surface area contributed by atoms with Gasteiger partial charge in [0.2, 0.25) is 0 Å². The first-order valence-corrected chi connectivity index (χ1v) is 10.9. The zero-order chi connectivity index (χ0) is 23.0. The number of H-pyrrole nitrogens is 1. The highest BCUT2D eigenvalue weighted by atomic mass is 35.5. The minimum atomic E-state index is -2.88. The highest BCUT2D eigenvalue weighted by molar-refractivity contribution is 6.30. The topological polar surface area (TPSA) is 83.1 Å². The number of aliphatic hydroxyl groups is 1. The van der Waals surface area contributed by atoms with Crippen LogP contribution in [0.4, 0.5) is 14.6 Å². The Hall–Kier alpha value is -3.23. The van der Waals surface area contributed by atoms with Gasteiger partial charge in [0.1, 0.15) is 17.4 Å². The Kier molecular flexibility index (Phi) is 5.64. The Morgan fingerprint density at radius 2 is 1.97 bits per heavy atom. The maximum absolute atomic E-state index is 12.5. The van der Waals surface area contributed by atoms with Crippen molar-refractivity contribution in [1.29, 1.82) is 0 Å². The second-order valence-electron chi connectivity index (χ2n) is 8.11. The van der Waals surface area contributed by atoms with Gasteiger partial charge in [-0.15, -0.1) is 0 Å². The molecule has 4 aromatic rings. The molecular weight excluding hydrogens is 450 g/mol. The number of ether oxygens (including phenoxy) is 1. The maximum Gasteiger partial charge on any atom is 0.387 e. The van der Waals surface area contributed by atoms with E-state index in [4.69, 9.17) is 16.6 Å². The lowest BCUT2D eigenvalue weighted by Gasteiger charge is -2.40. The maximum atomic E-state index is 12.5. The highest BCUT2D eigenvalue weighted by Gasteiger charge is 2.43. The molecule has 6 nitrogen and oxygen atoms in total. The molecule has 1 aliphatic rings. The van der Waals surface area contributed by atoms with E-state index in [9.17, 15) is 13.9 Å². The number of benzene rings is 2. The fraction of sp³-hybridized carbons (Fsp3) is 0.250. The van der Waals surface area contributed by atoms with Gasteiger partial charge in [0.05, 0.1) is 16.4 Å². The molecule has 5 rings (SSSR count). The number of alkyl halides is 2. The summed E-state index contributed by atoms with van der Waals surface area (Å²) in [6.45, 7) is -2.88. The summed E-state index contributed by atoms with van der Waals surface area (Å²) in [6, 6.07) is 15.5. The number of hydrogen-bond donors (Lipinski definition) is 3. The largest absolute Gasteiger partial charge is 0.435 e. The molecule has 1 unspecified atom stereocenters. The Morgan fingerprint density at radius 3 is 2.64 bits per heavy atom. The molecule has 2 aromatic carbocycles. The minimum absolute atomic E-state index is 0.0886. The Labute approximate surface area is 193 Å². The van der Waals surface area contributed by atoms with Crippen LogP contribution in [0.15, 0.2) is 60.8 Å². The van der Waals surface area contributed by atoms with Gasteiger partial charge >= 0.3 is 6.61 Å². The van der Waals surface area contributed by atoms with Crippen molar-refractivity contribution in [3.05, 3.63) is 82.8 Å². The summed E-state index contributed by atoms with van der Waals surface area (Å²) < 4.78 is 29.6. The van der Waals surface area contributed by atoms with Crippen LogP contribution in [0, 0.1) is 0 Å². The normalized spacial score (nSPS) is 15.9. The number of imidazole rings is 1. The Morgan fingerprint density at radius 1 is 1.12 bits per heavy atom. The van der Waals surface area contributed by atoms with Crippen LogP contribution in [0.3, 0.4) is 0 Å². The van der Waals surface area contributed by atoms with Crippen LogP contribution in [0.1, 0.15) is 42.4 Å². The Balaban J connectivity index is 1.38. The molecule has 0 spiro atoms. The van der Waals surface area contributed by atoms with Crippen molar-refractivity contribution in [3.8, 4) is 5.75 Å². The lowest BCUT2D eigenvalue weighted by molar-refractivity contribution is -0.0497. The van der Waals surface area contributed by atoms with E-state index in [1.54, 1.807) is 36.5 Å². The van der Waals surface area contributed by atoms with E-state index in [2.05, 4.69) is 20.0 Å². The third-order valence-corrected chi connectivity index (χ3v) is 6.34. The Bertz CT molecular complexity index is 1280. The van der Waals surface area contributed by atoms with Crippen LogP contribution in [0.2, 0.25) is 5.02 Å². The van der Waals surface area contributed by atoms with Gasteiger partial charge in [0.25, 0.3) is 0 Å². The number of aromatic amines is 1. The number of fused-ring (bicyclic) bond motifs is 1. The average molecular weight is 471 g/mol. The lowest BCUT2D eigenvalue weighted by Crippen LogP contribution is -2.36. The van der Waals surface area contributed by atoms with Crippen LogP contribution in [0.5, 0.6) is 5.75 Å². The number of anilines is 1. The number of halogens is 3. The summed E-state index contributed by atoms with van der Waals surface area (Å²) in [5.41, 5.74) is 2.65. The fourth-order valence-electron chi connectivity index (χ4n) is 4.25. The zero-order valence-corrected chi connectivity index (χ0v) is 18.2. The molecule has 1 fully saturated rings. The predicted octanol–water partition coefficient (Wildman–Crippen LogP) is 5.79. The molecule has 3 N–H and O–H groups in total. The number of pyridine rings is 1. The van der Waals surface area contributed by atoms with Crippen molar-refractivity contribution >= 4 is 28.5 Å². The number of nitrogens with zero attached hydrogens (tertiary/aromatic N) is 2. The molecule has 1 atom stereocenters. The number of rotatable bonds is 7. The first kappa shape index (κ1) is 21.6. The van der Waals surface area contributed by atoms with Gasteiger partial charge in [-0.2, -0.15) is 8.78 Å². The van der Waals surface area contributed by atoms with Gasteiger partial charge < -0.3 is 20.1 Å². The van der Waals surface area contributed by atoms with Gasteiger partial charge in [-0.25, -0.2) is 9.97 Å². The van der Waals surface area contributed by atoms with Crippen LogP contribution in [-0.2, 0) is 5.41 Å². The zero-order valence-electron chi connectivity index (χ0n) is 17.4. The summed E-state index contributed by atoms with van der Waals surface area (Å²) in [7, 11) is 0. The van der Waals surface area contributed by atoms with Crippen LogP contribution in [-0.4, -0.2) is 26.7 Å². The number of hydrogen-bond acceptors (Lipinski definition) is 5. The van der Waals surface area contributed by atoms with Crippen molar-refractivity contribution < 1.29 is 18.6 Å². The van der Waals surface area contributed by atoms with E-state index in [0.29, 0.717) is 27.4 Å². The average Bonchev–Trinajstić information content (AvgIpc) is 3.17. The van der Waals surface area contributed by atoms with Crippen molar-refractivity contribution in [2.24, 2.45) is 0 Å². The first-order valence-electron chi connectivity index (χ1n) is 10.5. The molecule has 0 aliphatic heterocycles. The van der Waals surface area contributed by atoms with Gasteiger partial charge in [-0.1, -0.05) is 36.2 Å². The second-order valence-corrected chi connectivity index (χ2v) is 8.55. The van der Waals surface area contributed by atoms with Gasteiger partial charge in [-0.05, 0) is 48.7 Å². The molecule has 9 heteroatoms. The van der Waals surface area contributed by atoms with Gasteiger partial charge in [-0.3, -0.25) is 0 Å². The van der Waals surface area contributed by atoms with Crippen molar-refractivity contribution in [2.75, 3.05) is 5.32 Å². The third kappa shape index (κ3) is 4.24. The van der Waals surface area contributed by atoms with Crippen LogP contribution < -0.4 is 10.1 Å². The third-order valence-electron chi connectivity index (χ3n) is 6.10. The van der Waals surface area contributed by atoms with Gasteiger partial charge in [0, 0.05) is 22.8 Å². The van der Waals surface area contributed by atoms with E-state index in [-0.39, 0.29) is 11.2 Å². The summed E-state index contributed by atoms with van der Waals surface area (Å²) in [6.07, 6.45) is 3.67.